The molecule has 0 bridgehead atoms. The summed E-state index contributed by atoms with van der Waals surface area (Å²) in [6.07, 6.45) is 51.3. The van der Waals surface area contributed by atoms with Gasteiger partial charge in [0, 0.05) is 6.42 Å². The van der Waals surface area contributed by atoms with Crippen LogP contribution in [0.1, 0.15) is 309 Å². The van der Waals surface area contributed by atoms with Crippen molar-refractivity contribution >= 4 is 5.91 Å². The first-order chi connectivity index (χ1) is 32.8. The molecule has 1 amide bonds. The lowest BCUT2D eigenvalue weighted by atomic mass is 9.99. The van der Waals surface area contributed by atoms with Gasteiger partial charge in [-0.05, 0) is 12.8 Å². The Labute approximate surface area is 414 Å². The lowest BCUT2D eigenvalue weighted by Crippen LogP contribution is -2.60. The van der Waals surface area contributed by atoms with Crippen molar-refractivity contribution in [2.24, 2.45) is 0 Å². The zero-order chi connectivity index (χ0) is 48.7. The predicted octanol–water partition coefficient (Wildman–Crippen LogP) is 14.6. The molecule has 1 heterocycles. The average molecular weight is 955 g/mol. The van der Waals surface area contributed by atoms with E-state index < -0.39 is 49.5 Å². The molecule has 1 aliphatic rings. The summed E-state index contributed by atoms with van der Waals surface area (Å²) < 4.78 is 11.3. The summed E-state index contributed by atoms with van der Waals surface area (Å²) in [6.45, 7) is 3.89. The van der Waals surface area contributed by atoms with Crippen molar-refractivity contribution < 1.29 is 39.8 Å². The molecule has 6 N–H and O–H groups in total. The quantitative estimate of drug-likeness (QED) is 0.0330. The van der Waals surface area contributed by atoms with E-state index in [4.69, 9.17) is 9.47 Å². The minimum atomic E-state index is -1.55. The van der Waals surface area contributed by atoms with E-state index in [2.05, 4.69) is 19.2 Å². The molecular formula is C58H115NO8. The van der Waals surface area contributed by atoms with Crippen molar-refractivity contribution in [3.63, 3.8) is 0 Å². The Kier molecular flexibility index (Phi) is 46.8. The molecule has 0 aromatic rings. The molecule has 1 rings (SSSR count). The summed E-state index contributed by atoms with van der Waals surface area (Å²) in [6, 6.07) is -0.713. The van der Waals surface area contributed by atoms with Crippen LogP contribution < -0.4 is 5.32 Å². The van der Waals surface area contributed by atoms with E-state index >= 15 is 0 Å². The second kappa shape index (κ2) is 48.8. The first kappa shape index (κ1) is 64.2. The average Bonchev–Trinajstić information content (AvgIpc) is 3.33. The van der Waals surface area contributed by atoms with E-state index in [1.54, 1.807) is 0 Å². The number of rotatable bonds is 52. The Bertz CT molecular complexity index is 1020. The molecular weight excluding hydrogens is 839 g/mol. The van der Waals surface area contributed by atoms with Crippen LogP contribution in [0.2, 0.25) is 0 Å². The standard InChI is InChI=1S/C58H115NO8/c1-3-5-7-9-11-13-15-17-19-21-23-25-26-28-29-31-33-35-37-39-41-43-45-47-52(61)51(50-66-58-57(65)56(64)55(63)53(49-60)67-58)59-54(62)48-46-44-42-40-38-36-34-32-30-27-24-22-20-18-16-14-12-10-8-6-4-2/h51-53,55-58,60-61,63-65H,3-50H2,1-2H3,(H,59,62). The van der Waals surface area contributed by atoms with Crippen LogP contribution in [-0.4, -0.2) is 87.5 Å². The molecule has 1 aliphatic heterocycles. The van der Waals surface area contributed by atoms with Crippen LogP contribution in [0.5, 0.6) is 0 Å². The molecule has 0 radical (unpaired) electrons. The van der Waals surface area contributed by atoms with Crippen LogP contribution >= 0.6 is 0 Å². The fourth-order valence-electron chi connectivity index (χ4n) is 9.99. The molecule has 67 heavy (non-hydrogen) atoms. The third-order valence-corrected chi connectivity index (χ3v) is 14.7. The maximum atomic E-state index is 13.1. The van der Waals surface area contributed by atoms with E-state index in [1.165, 1.54) is 244 Å². The van der Waals surface area contributed by atoms with E-state index in [0.29, 0.717) is 12.8 Å². The van der Waals surface area contributed by atoms with Crippen molar-refractivity contribution in [3.8, 4) is 0 Å². The van der Waals surface area contributed by atoms with Crippen LogP contribution in [0.25, 0.3) is 0 Å². The molecule has 0 spiro atoms. The van der Waals surface area contributed by atoms with Crippen LogP contribution in [0, 0.1) is 0 Å². The van der Waals surface area contributed by atoms with Gasteiger partial charge in [-0.15, -0.1) is 0 Å². The Morgan fingerprint density at radius 2 is 0.746 bits per heavy atom. The lowest BCUT2D eigenvalue weighted by molar-refractivity contribution is -0.302. The minimum Gasteiger partial charge on any atom is -0.394 e. The highest BCUT2D eigenvalue weighted by Gasteiger charge is 2.44. The minimum absolute atomic E-state index is 0.131. The first-order valence-corrected chi connectivity index (χ1v) is 29.7. The number of amides is 1. The highest BCUT2D eigenvalue weighted by atomic mass is 16.7. The van der Waals surface area contributed by atoms with Gasteiger partial charge in [0.2, 0.25) is 5.91 Å². The van der Waals surface area contributed by atoms with Gasteiger partial charge in [-0.3, -0.25) is 4.79 Å². The van der Waals surface area contributed by atoms with Gasteiger partial charge in [0.05, 0.1) is 25.4 Å². The van der Waals surface area contributed by atoms with Gasteiger partial charge in [0.25, 0.3) is 0 Å². The number of ether oxygens (including phenoxy) is 2. The molecule has 7 atom stereocenters. The zero-order valence-corrected chi connectivity index (χ0v) is 44.4. The Morgan fingerprint density at radius 3 is 1.06 bits per heavy atom. The third kappa shape index (κ3) is 38.5. The monoisotopic (exact) mass is 954 g/mol. The second-order valence-electron chi connectivity index (χ2n) is 21.2. The summed E-state index contributed by atoms with van der Waals surface area (Å²) in [5.74, 6) is -0.136. The van der Waals surface area contributed by atoms with Gasteiger partial charge in [0.15, 0.2) is 6.29 Å². The van der Waals surface area contributed by atoms with E-state index in [0.717, 1.165) is 38.5 Å². The van der Waals surface area contributed by atoms with Crippen LogP contribution in [0.15, 0.2) is 0 Å². The molecule has 9 nitrogen and oxygen atoms in total. The van der Waals surface area contributed by atoms with Gasteiger partial charge in [0.1, 0.15) is 24.4 Å². The maximum absolute atomic E-state index is 13.1. The highest BCUT2D eigenvalue weighted by Crippen LogP contribution is 2.23. The Hall–Kier alpha value is -0.810. The van der Waals surface area contributed by atoms with E-state index in [1.807, 2.05) is 0 Å². The summed E-state index contributed by atoms with van der Waals surface area (Å²) in [5.41, 5.74) is 0. The predicted molar refractivity (Wildman–Crippen MR) is 281 cm³/mol. The molecule has 400 valence electrons. The Balaban J connectivity index is 2.18. The topological polar surface area (TPSA) is 149 Å². The summed E-state index contributed by atoms with van der Waals surface area (Å²) in [4.78, 5) is 13.1. The molecule has 0 aliphatic carbocycles. The zero-order valence-electron chi connectivity index (χ0n) is 44.4. The van der Waals surface area contributed by atoms with Crippen LogP contribution in [-0.2, 0) is 14.3 Å². The number of aliphatic hydroxyl groups excluding tert-OH is 5. The van der Waals surface area contributed by atoms with Crippen molar-refractivity contribution in [1.82, 2.24) is 5.32 Å². The van der Waals surface area contributed by atoms with Crippen molar-refractivity contribution in [2.45, 2.75) is 352 Å². The first-order valence-electron chi connectivity index (χ1n) is 29.7. The van der Waals surface area contributed by atoms with Crippen molar-refractivity contribution in [3.05, 3.63) is 0 Å². The van der Waals surface area contributed by atoms with E-state index in [9.17, 15) is 30.3 Å². The summed E-state index contributed by atoms with van der Waals surface area (Å²) >= 11 is 0. The third-order valence-electron chi connectivity index (χ3n) is 14.7. The van der Waals surface area contributed by atoms with Gasteiger partial charge in [-0.25, -0.2) is 0 Å². The fourth-order valence-corrected chi connectivity index (χ4v) is 9.99. The molecule has 1 saturated heterocycles. The molecule has 0 aromatic heterocycles. The molecule has 0 aromatic carbocycles. The number of nitrogens with one attached hydrogen (secondary N) is 1. The summed E-state index contributed by atoms with van der Waals surface area (Å²) in [5, 5.41) is 54.7. The van der Waals surface area contributed by atoms with Crippen LogP contribution in [0.3, 0.4) is 0 Å². The van der Waals surface area contributed by atoms with Gasteiger partial charge in [-0.2, -0.15) is 0 Å². The number of aliphatic hydroxyl groups is 5. The van der Waals surface area contributed by atoms with Crippen LogP contribution in [0.4, 0.5) is 0 Å². The maximum Gasteiger partial charge on any atom is 0.220 e. The van der Waals surface area contributed by atoms with Gasteiger partial charge >= 0.3 is 0 Å². The number of unbranched alkanes of at least 4 members (excludes halogenated alkanes) is 42. The van der Waals surface area contributed by atoms with Crippen molar-refractivity contribution in [1.29, 1.82) is 0 Å². The molecule has 0 saturated carbocycles. The van der Waals surface area contributed by atoms with Crippen molar-refractivity contribution in [2.75, 3.05) is 13.2 Å². The molecule has 1 fully saturated rings. The smallest absolute Gasteiger partial charge is 0.220 e. The van der Waals surface area contributed by atoms with Gasteiger partial charge < -0.3 is 40.3 Å². The molecule has 7 unspecified atom stereocenters. The van der Waals surface area contributed by atoms with E-state index in [-0.39, 0.29) is 12.5 Å². The Morgan fingerprint density at radius 1 is 0.448 bits per heavy atom. The molecule has 9 heteroatoms. The SMILES string of the molecule is CCCCCCCCCCCCCCCCCCCCCCCCCC(O)C(COC1OC(CO)C(O)C(O)C1O)NC(=O)CCCCCCCCCCCCCCCCCCCCCCC. The number of carbonyl (C=O) groups excluding carboxylic acids is 1. The highest BCUT2D eigenvalue weighted by molar-refractivity contribution is 5.76. The largest absolute Gasteiger partial charge is 0.394 e. The van der Waals surface area contributed by atoms with Gasteiger partial charge in [-0.1, -0.05) is 290 Å². The number of hydrogen-bond donors (Lipinski definition) is 6. The fraction of sp³-hybridized carbons (Fsp3) is 0.983. The normalized spacial score (nSPS) is 19.5. The second-order valence-corrected chi connectivity index (χ2v) is 21.2. The lowest BCUT2D eigenvalue weighted by Gasteiger charge is -2.40. The number of hydrogen-bond acceptors (Lipinski definition) is 8. The summed E-state index contributed by atoms with van der Waals surface area (Å²) in [7, 11) is 0. The number of carbonyl (C=O) groups is 1.